The van der Waals surface area contributed by atoms with Gasteiger partial charge < -0.3 is 15.0 Å². The van der Waals surface area contributed by atoms with Crippen LogP contribution >= 0.6 is 22.7 Å². The van der Waals surface area contributed by atoms with Crippen LogP contribution in [0, 0.1) is 5.92 Å². The molecule has 0 saturated carbocycles. The summed E-state index contributed by atoms with van der Waals surface area (Å²) >= 11 is 2.85. The molecule has 10 heteroatoms. The van der Waals surface area contributed by atoms with Gasteiger partial charge in [-0.05, 0) is 49.2 Å². The van der Waals surface area contributed by atoms with Crippen molar-refractivity contribution in [2.75, 3.05) is 26.7 Å². The summed E-state index contributed by atoms with van der Waals surface area (Å²) in [6, 6.07) is 17.6. The topological polar surface area (TPSA) is 100 Å². The highest BCUT2D eigenvalue weighted by atomic mass is 32.1. The first-order chi connectivity index (χ1) is 18.5. The van der Waals surface area contributed by atoms with Crippen LogP contribution in [0.5, 0.6) is 5.75 Å². The fourth-order valence-electron chi connectivity index (χ4n) is 4.82. The number of likely N-dealkylation sites (N-methyl/N-ethyl adjacent to an activating group) is 1. The summed E-state index contributed by atoms with van der Waals surface area (Å²) in [7, 11) is 2.04. The van der Waals surface area contributed by atoms with E-state index in [9.17, 15) is 9.59 Å². The predicted octanol–water partition coefficient (Wildman–Crippen LogP) is 4.10. The third-order valence-corrected chi connectivity index (χ3v) is 8.71. The Balaban J connectivity index is 1.15. The average molecular weight is 550 g/mol. The minimum atomic E-state index is -0.145. The highest BCUT2D eigenvalue weighted by Gasteiger charge is 2.34. The number of hydrogen-bond acceptors (Lipinski definition) is 8. The van der Waals surface area contributed by atoms with E-state index in [-0.39, 0.29) is 22.6 Å². The molecular formula is C28H31N5O3S2. The first-order valence-corrected chi connectivity index (χ1v) is 14.4. The van der Waals surface area contributed by atoms with Crippen molar-refractivity contribution in [1.82, 2.24) is 25.4 Å². The number of rotatable bonds is 10. The molecule has 3 heterocycles. The number of hydrogen-bond donors (Lipinski definition) is 2. The van der Waals surface area contributed by atoms with Crippen LogP contribution in [0.1, 0.15) is 49.3 Å². The van der Waals surface area contributed by atoms with E-state index in [0.717, 1.165) is 57.9 Å². The molecule has 1 amide bonds. The molecule has 5 rings (SSSR count). The third-order valence-electron chi connectivity index (χ3n) is 6.76. The number of aromatic amines is 1. The lowest BCUT2D eigenvalue weighted by Crippen LogP contribution is -2.32. The molecule has 1 saturated heterocycles. The average Bonchev–Trinajstić information content (AvgIpc) is 3.64. The van der Waals surface area contributed by atoms with Crippen molar-refractivity contribution < 1.29 is 9.53 Å². The Bertz CT molecular complexity index is 1410. The van der Waals surface area contributed by atoms with E-state index in [0.29, 0.717) is 24.5 Å². The van der Waals surface area contributed by atoms with Crippen LogP contribution in [0.4, 0.5) is 0 Å². The Hall–Kier alpha value is -3.34. The van der Waals surface area contributed by atoms with Crippen LogP contribution in [0.15, 0.2) is 59.4 Å². The normalized spacial score (nSPS) is 17.5. The highest BCUT2D eigenvalue weighted by Crippen LogP contribution is 2.31. The molecule has 2 aromatic heterocycles. The van der Waals surface area contributed by atoms with Gasteiger partial charge in [0.1, 0.15) is 17.4 Å². The maximum atomic E-state index is 12.8. The minimum Gasteiger partial charge on any atom is -0.488 e. The van der Waals surface area contributed by atoms with Crippen LogP contribution in [0.3, 0.4) is 0 Å². The first-order valence-electron chi connectivity index (χ1n) is 12.7. The summed E-state index contributed by atoms with van der Waals surface area (Å²) in [6.07, 6.45) is 1.68. The summed E-state index contributed by atoms with van der Waals surface area (Å²) in [5.41, 5.74) is 2.91. The Morgan fingerprint density at radius 2 is 1.92 bits per heavy atom. The van der Waals surface area contributed by atoms with Crippen molar-refractivity contribution >= 4 is 28.6 Å². The molecule has 38 heavy (non-hydrogen) atoms. The van der Waals surface area contributed by atoms with Crippen molar-refractivity contribution in [3.8, 4) is 5.75 Å². The third kappa shape index (κ3) is 6.38. The summed E-state index contributed by atoms with van der Waals surface area (Å²) in [4.78, 5) is 32.4. The number of aryl methyl sites for hydroxylation is 1. The molecule has 0 radical (unpaired) electrons. The fraction of sp³-hybridized carbons (Fsp3) is 0.357. The maximum Gasteiger partial charge on any atom is 0.322 e. The molecule has 2 atom stereocenters. The molecule has 1 aliphatic heterocycles. The smallest absolute Gasteiger partial charge is 0.322 e. The van der Waals surface area contributed by atoms with Crippen molar-refractivity contribution in [3.63, 3.8) is 0 Å². The van der Waals surface area contributed by atoms with Gasteiger partial charge in [-0.3, -0.25) is 9.59 Å². The second kappa shape index (κ2) is 12.0. The number of carbonyl (C=O) groups is 1. The summed E-state index contributed by atoms with van der Waals surface area (Å²) < 4.78 is 6.05. The molecule has 198 valence electrons. The van der Waals surface area contributed by atoms with E-state index in [1.165, 1.54) is 5.56 Å². The molecule has 2 N–H and O–H groups in total. The van der Waals surface area contributed by atoms with Crippen LogP contribution in [0.2, 0.25) is 0 Å². The zero-order chi connectivity index (χ0) is 26.5. The van der Waals surface area contributed by atoms with Crippen LogP contribution in [0.25, 0.3) is 0 Å². The Morgan fingerprint density at radius 3 is 2.63 bits per heavy atom. The number of amides is 1. The van der Waals surface area contributed by atoms with Gasteiger partial charge in [0.05, 0.1) is 15.6 Å². The molecule has 8 nitrogen and oxygen atoms in total. The largest absolute Gasteiger partial charge is 0.488 e. The number of carbonyl (C=O) groups excluding carboxylic acids is 1. The van der Waals surface area contributed by atoms with Gasteiger partial charge in [0.2, 0.25) is 0 Å². The lowest BCUT2D eigenvalue weighted by Gasteiger charge is -2.16. The van der Waals surface area contributed by atoms with Crippen molar-refractivity contribution in [2.24, 2.45) is 5.92 Å². The number of H-pyrrole nitrogens is 1. The van der Waals surface area contributed by atoms with E-state index >= 15 is 0 Å². The van der Waals surface area contributed by atoms with Gasteiger partial charge in [-0.25, -0.2) is 10.1 Å². The quantitative estimate of drug-likeness (QED) is 0.309. The second-order valence-electron chi connectivity index (χ2n) is 9.56. The van der Waals surface area contributed by atoms with Crippen molar-refractivity contribution in [1.29, 1.82) is 0 Å². The Labute approximate surface area is 229 Å². The molecule has 0 aliphatic carbocycles. The number of likely N-dealkylation sites (tertiary alicyclic amines) is 1. The molecule has 1 aliphatic rings. The van der Waals surface area contributed by atoms with Crippen LogP contribution in [-0.2, 0) is 19.4 Å². The summed E-state index contributed by atoms with van der Waals surface area (Å²) in [5, 5.41) is 11.6. The number of nitrogens with zero attached hydrogens (tertiary/aromatic N) is 3. The first kappa shape index (κ1) is 26.3. The van der Waals surface area contributed by atoms with Gasteiger partial charge in [-0.2, -0.15) is 5.10 Å². The molecule has 0 bridgehead atoms. The zero-order valence-electron chi connectivity index (χ0n) is 21.5. The number of ether oxygens (including phenoxy) is 1. The number of nitrogens with one attached hydrogen (secondary N) is 2. The number of thiazole rings is 1. The number of aromatic nitrogens is 3. The zero-order valence-corrected chi connectivity index (χ0v) is 23.1. The van der Waals surface area contributed by atoms with Crippen molar-refractivity contribution in [2.45, 2.75) is 32.3 Å². The fourth-order valence-corrected chi connectivity index (χ4v) is 6.72. The molecule has 2 aromatic carbocycles. The van der Waals surface area contributed by atoms with E-state index in [1.807, 2.05) is 37.4 Å². The standard InChI is InChI=1S/C28H31N5O3S2/c1-3-23-24(37-25(30-23)13-18-7-5-4-6-8-18)17-36-21-11-9-19(10-12-21)26(34)29-14-20-15-33(2)16-22(20)27-31-32-28(35)38-27/h4-12,20,22H,3,13-17H2,1-2H3,(H,29,34)(H,32,35)/t20-,22+/m1/s1. The Kier molecular flexibility index (Phi) is 8.31. The maximum absolute atomic E-state index is 12.8. The predicted molar refractivity (Wildman–Crippen MR) is 150 cm³/mol. The second-order valence-corrected chi connectivity index (χ2v) is 11.7. The molecule has 4 aromatic rings. The highest BCUT2D eigenvalue weighted by molar-refractivity contribution is 7.11. The number of benzene rings is 2. The summed E-state index contributed by atoms with van der Waals surface area (Å²) in [6.45, 7) is 4.75. The molecule has 1 fully saturated rings. The molecule has 0 unspecified atom stereocenters. The molecular weight excluding hydrogens is 518 g/mol. The van der Waals surface area contributed by atoms with E-state index in [4.69, 9.17) is 9.72 Å². The van der Waals surface area contributed by atoms with Crippen LogP contribution in [-0.4, -0.2) is 52.7 Å². The Morgan fingerprint density at radius 1 is 1.13 bits per heavy atom. The van der Waals surface area contributed by atoms with E-state index < -0.39 is 0 Å². The van der Waals surface area contributed by atoms with Crippen LogP contribution < -0.4 is 14.9 Å². The van der Waals surface area contributed by atoms with E-state index in [2.05, 4.69) is 39.5 Å². The SMILES string of the molecule is CCc1nc(Cc2ccccc2)sc1COc1ccc(C(=O)NC[C@@H]2CN(C)C[C@@H]2c2n[nH]c(=O)s2)cc1. The minimum absolute atomic E-state index is 0.124. The summed E-state index contributed by atoms with van der Waals surface area (Å²) in [5.74, 6) is 0.923. The molecule has 0 spiro atoms. The van der Waals surface area contributed by atoms with E-state index in [1.54, 1.807) is 23.5 Å². The lowest BCUT2D eigenvalue weighted by molar-refractivity contribution is 0.0946. The van der Waals surface area contributed by atoms with Gasteiger partial charge in [0, 0.05) is 37.5 Å². The van der Waals surface area contributed by atoms with Gasteiger partial charge in [-0.1, -0.05) is 48.6 Å². The van der Waals surface area contributed by atoms with Gasteiger partial charge >= 0.3 is 4.87 Å². The lowest BCUT2D eigenvalue weighted by atomic mass is 9.96. The monoisotopic (exact) mass is 549 g/mol. The van der Waals surface area contributed by atoms with Gasteiger partial charge in [0.25, 0.3) is 5.91 Å². The van der Waals surface area contributed by atoms with Gasteiger partial charge in [0.15, 0.2) is 0 Å². The van der Waals surface area contributed by atoms with Gasteiger partial charge in [-0.15, -0.1) is 11.3 Å². The van der Waals surface area contributed by atoms with Crippen molar-refractivity contribution in [3.05, 3.63) is 96.0 Å².